The molecule has 0 aliphatic carbocycles. The van der Waals surface area contributed by atoms with E-state index in [0.717, 1.165) is 10.9 Å². The van der Waals surface area contributed by atoms with Gasteiger partial charge in [0.15, 0.2) is 11.7 Å². The second-order valence-electron chi connectivity index (χ2n) is 6.11. The Bertz CT molecular complexity index is 904. The van der Waals surface area contributed by atoms with Gasteiger partial charge in [0, 0.05) is 19.0 Å². The fourth-order valence-corrected chi connectivity index (χ4v) is 2.74. The Morgan fingerprint density at radius 2 is 1.81 bits per heavy atom. The molecule has 26 heavy (non-hydrogen) atoms. The first-order chi connectivity index (χ1) is 12.5. The van der Waals surface area contributed by atoms with Crippen LogP contribution < -0.4 is 0 Å². The molecule has 0 spiro atoms. The molecule has 1 heterocycles. The van der Waals surface area contributed by atoms with E-state index in [-0.39, 0.29) is 12.3 Å². The number of para-hydroxylation sites is 1. The summed E-state index contributed by atoms with van der Waals surface area (Å²) < 4.78 is 10.5. The summed E-state index contributed by atoms with van der Waals surface area (Å²) in [6.07, 6.45) is -0.911. The van der Waals surface area contributed by atoms with Crippen LogP contribution in [0.15, 0.2) is 59.1 Å². The second-order valence-corrected chi connectivity index (χ2v) is 6.11. The molecule has 1 atom stereocenters. The lowest BCUT2D eigenvalue weighted by Gasteiger charge is -2.21. The van der Waals surface area contributed by atoms with E-state index >= 15 is 0 Å². The van der Waals surface area contributed by atoms with Gasteiger partial charge in [-0.15, -0.1) is 0 Å². The minimum atomic E-state index is -0.866. The third-order valence-corrected chi connectivity index (χ3v) is 4.06. The zero-order chi connectivity index (χ0) is 18.5. The number of esters is 1. The Morgan fingerprint density at radius 3 is 2.58 bits per heavy atom. The maximum Gasteiger partial charge on any atom is 0.312 e. The summed E-state index contributed by atoms with van der Waals surface area (Å²) in [5.74, 6) is -0.773. The number of benzene rings is 2. The number of hydrogen-bond acceptors (Lipinski definition) is 5. The number of likely N-dealkylation sites (N-methyl/N-ethyl adjacent to an activating group) is 1. The van der Waals surface area contributed by atoms with Gasteiger partial charge < -0.3 is 14.2 Å². The van der Waals surface area contributed by atoms with Crippen LogP contribution >= 0.6 is 0 Å². The fraction of sp³-hybridized carbons (Fsp3) is 0.250. The molecule has 0 radical (unpaired) electrons. The van der Waals surface area contributed by atoms with Gasteiger partial charge in [-0.3, -0.25) is 9.59 Å². The number of amides is 1. The molecule has 0 aliphatic heterocycles. The standard InChI is InChI=1S/C20H20N2O4/c1-14(20(24)22(2)13-15-8-4-3-5-9-15)25-19(23)12-17-16-10-6-7-11-18(16)26-21-17/h3-11,14H,12-13H2,1-2H3/t14-/m1/s1. The van der Waals surface area contributed by atoms with Crippen LogP contribution in [0.2, 0.25) is 0 Å². The first-order valence-electron chi connectivity index (χ1n) is 8.36. The number of aromatic nitrogens is 1. The van der Waals surface area contributed by atoms with E-state index in [1.54, 1.807) is 24.9 Å². The van der Waals surface area contributed by atoms with E-state index in [1.165, 1.54) is 0 Å². The Hall–Kier alpha value is -3.15. The third kappa shape index (κ3) is 4.08. The van der Waals surface area contributed by atoms with Crippen LogP contribution in [0.3, 0.4) is 0 Å². The molecule has 0 N–H and O–H groups in total. The van der Waals surface area contributed by atoms with Crippen LogP contribution in [0.4, 0.5) is 0 Å². The number of ether oxygens (including phenoxy) is 1. The summed E-state index contributed by atoms with van der Waals surface area (Å²) in [6.45, 7) is 2.03. The molecule has 0 bridgehead atoms. The summed E-state index contributed by atoms with van der Waals surface area (Å²) >= 11 is 0. The van der Waals surface area contributed by atoms with Crippen molar-refractivity contribution in [1.29, 1.82) is 0 Å². The molecular weight excluding hydrogens is 332 g/mol. The van der Waals surface area contributed by atoms with Crippen LogP contribution in [0.25, 0.3) is 11.0 Å². The first kappa shape index (κ1) is 17.7. The lowest BCUT2D eigenvalue weighted by atomic mass is 10.2. The molecule has 3 aromatic rings. The normalized spacial score (nSPS) is 11.9. The largest absolute Gasteiger partial charge is 0.452 e. The second kappa shape index (κ2) is 7.82. The van der Waals surface area contributed by atoms with Gasteiger partial charge >= 0.3 is 5.97 Å². The minimum absolute atomic E-state index is 0.0446. The minimum Gasteiger partial charge on any atom is -0.452 e. The molecule has 0 saturated heterocycles. The molecule has 0 saturated carbocycles. The van der Waals surface area contributed by atoms with Gasteiger partial charge in [-0.2, -0.15) is 0 Å². The smallest absolute Gasteiger partial charge is 0.312 e. The topological polar surface area (TPSA) is 72.6 Å². The zero-order valence-electron chi connectivity index (χ0n) is 14.7. The van der Waals surface area contributed by atoms with E-state index in [1.807, 2.05) is 48.5 Å². The zero-order valence-corrected chi connectivity index (χ0v) is 14.7. The fourth-order valence-electron chi connectivity index (χ4n) is 2.74. The summed E-state index contributed by atoms with van der Waals surface area (Å²) in [5, 5.41) is 4.68. The Morgan fingerprint density at radius 1 is 1.12 bits per heavy atom. The molecule has 3 rings (SSSR count). The quantitative estimate of drug-likeness (QED) is 0.638. The number of hydrogen-bond donors (Lipinski definition) is 0. The Kier molecular flexibility index (Phi) is 5.31. The predicted octanol–water partition coefficient (Wildman–Crippen LogP) is 2.96. The number of carbonyl (C=O) groups excluding carboxylic acids is 2. The summed E-state index contributed by atoms with van der Waals surface area (Å²) in [6, 6.07) is 16.9. The van der Waals surface area contributed by atoms with Crippen molar-refractivity contribution in [2.75, 3.05) is 7.05 Å². The van der Waals surface area contributed by atoms with E-state index in [0.29, 0.717) is 17.8 Å². The predicted molar refractivity (Wildman–Crippen MR) is 96.2 cm³/mol. The molecule has 0 unspecified atom stereocenters. The maximum atomic E-state index is 12.4. The van der Waals surface area contributed by atoms with Crippen molar-refractivity contribution < 1.29 is 18.8 Å². The van der Waals surface area contributed by atoms with Crippen LogP contribution in [0, 0.1) is 0 Å². The Balaban J connectivity index is 1.57. The highest BCUT2D eigenvalue weighted by Crippen LogP contribution is 2.18. The number of rotatable bonds is 6. The molecule has 0 aliphatic rings. The third-order valence-electron chi connectivity index (χ3n) is 4.06. The van der Waals surface area contributed by atoms with E-state index in [4.69, 9.17) is 9.26 Å². The van der Waals surface area contributed by atoms with Crippen molar-refractivity contribution in [1.82, 2.24) is 10.1 Å². The van der Waals surface area contributed by atoms with Crippen molar-refractivity contribution in [2.45, 2.75) is 26.0 Å². The van der Waals surface area contributed by atoms with Crippen molar-refractivity contribution in [3.63, 3.8) is 0 Å². The average molecular weight is 352 g/mol. The molecular formula is C20H20N2O4. The van der Waals surface area contributed by atoms with Crippen molar-refractivity contribution in [3.05, 3.63) is 65.9 Å². The van der Waals surface area contributed by atoms with Gasteiger partial charge in [0.1, 0.15) is 5.69 Å². The van der Waals surface area contributed by atoms with Crippen molar-refractivity contribution in [3.8, 4) is 0 Å². The van der Waals surface area contributed by atoms with Gasteiger partial charge in [0.05, 0.1) is 6.42 Å². The maximum absolute atomic E-state index is 12.4. The molecule has 6 heteroatoms. The van der Waals surface area contributed by atoms with E-state index in [2.05, 4.69) is 5.16 Å². The first-order valence-corrected chi connectivity index (χ1v) is 8.36. The number of fused-ring (bicyclic) bond motifs is 1. The highest BCUT2D eigenvalue weighted by molar-refractivity contribution is 5.86. The van der Waals surface area contributed by atoms with Gasteiger partial charge in [-0.25, -0.2) is 0 Å². The lowest BCUT2D eigenvalue weighted by molar-refractivity contribution is -0.158. The number of nitrogens with zero attached hydrogens (tertiary/aromatic N) is 2. The Labute approximate surface area is 151 Å². The summed E-state index contributed by atoms with van der Waals surface area (Å²) in [5.41, 5.74) is 2.13. The molecule has 6 nitrogen and oxygen atoms in total. The van der Waals surface area contributed by atoms with Gasteiger partial charge in [0.2, 0.25) is 0 Å². The molecule has 1 aromatic heterocycles. The van der Waals surface area contributed by atoms with Crippen LogP contribution in [-0.2, 0) is 27.3 Å². The van der Waals surface area contributed by atoms with Crippen molar-refractivity contribution >= 4 is 22.8 Å². The van der Waals surface area contributed by atoms with Gasteiger partial charge in [-0.05, 0) is 24.6 Å². The monoisotopic (exact) mass is 352 g/mol. The van der Waals surface area contributed by atoms with Gasteiger partial charge in [-0.1, -0.05) is 47.6 Å². The van der Waals surface area contributed by atoms with Gasteiger partial charge in [0.25, 0.3) is 5.91 Å². The SMILES string of the molecule is C[C@@H](OC(=O)Cc1noc2ccccc12)C(=O)N(C)Cc1ccccc1. The summed E-state index contributed by atoms with van der Waals surface area (Å²) in [4.78, 5) is 26.1. The highest BCUT2D eigenvalue weighted by atomic mass is 16.5. The highest BCUT2D eigenvalue weighted by Gasteiger charge is 2.23. The molecule has 1 amide bonds. The van der Waals surface area contributed by atoms with E-state index in [9.17, 15) is 9.59 Å². The van der Waals surface area contributed by atoms with Crippen LogP contribution in [-0.4, -0.2) is 35.1 Å². The molecule has 134 valence electrons. The van der Waals surface area contributed by atoms with Crippen molar-refractivity contribution in [2.24, 2.45) is 0 Å². The van der Waals surface area contributed by atoms with Crippen LogP contribution in [0.1, 0.15) is 18.2 Å². The average Bonchev–Trinajstić information content (AvgIpc) is 3.04. The molecule has 2 aromatic carbocycles. The van der Waals surface area contributed by atoms with Crippen LogP contribution in [0.5, 0.6) is 0 Å². The van der Waals surface area contributed by atoms with E-state index < -0.39 is 12.1 Å². The summed E-state index contributed by atoms with van der Waals surface area (Å²) in [7, 11) is 1.69. The number of carbonyl (C=O) groups is 2. The molecule has 0 fully saturated rings. The lowest BCUT2D eigenvalue weighted by Crippen LogP contribution is -2.37.